The summed E-state index contributed by atoms with van der Waals surface area (Å²) in [4.78, 5) is 39.8. The van der Waals surface area contributed by atoms with Gasteiger partial charge in [0.25, 0.3) is 5.56 Å². The molecule has 0 bridgehead atoms. The second-order valence-corrected chi connectivity index (χ2v) is 11.3. The zero-order valence-electron chi connectivity index (χ0n) is 24.4. The molecule has 11 heteroatoms. The minimum absolute atomic E-state index is 0.0104. The monoisotopic (exact) mass is 599 g/mol. The van der Waals surface area contributed by atoms with Crippen LogP contribution in [-0.2, 0) is 4.79 Å². The summed E-state index contributed by atoms with van der Waals surface area (Å²) in [6, 6.07) is 9.55. The van der Waals surface area contributed by atoms with Crippen molar-refractivity contribution in [2.24, 2.45) is 0 Å². The summed E-state index contributed by atoms with van der Waals surface area (Å²) in [5.74, 6) is -0.891. The molecule has 0 spiro atoms. The molecule has 3 aromatic heterocycles. The smallest absolute Gasteiger partial charge is 0.276 e. The van der Waals surface area contributed by atoms with Crippen molar-refractivity contribution < 1.29 is 9.18 Å². The van der Waals surface area contributed by atoms with E-state index in [-0.39, 0.29) is 51.0 Å². The van der Waals surface area contributed by atoms with Crippen molar-refractivity contribution in [1.82, 2.24) is 19.4 Å². The number of aryl methyl sites for hydroxylation is 1. The van der Waals surface area contributed by atoms with E-state index >= 15 is 4.39 Å². The maximum Gasteiger partial charge on any atom is 0.276 e. The zero-order chi connectivity index (χ0) is 31.2. The number of nitrogens with zero attached hydrogens (tertiary/aromatic N) is 6. The molecule has 1 aromatic carbocycles. The van der Waals surface area contributed by atoms with E-state index in [1.807, 2.05) is 32.6 Å². The van der Waals surface area contributed by atoms with E-state index in [4.69, 9.17) is 22.3 Å². The number of nitrogens with two attached hydrogens (primary N) is 1. The Balaban J connectivity index is 1.92. The van der Waals surface area contributed by atoms with E-state index in [2.05, 4.69) is 17.6 Å². The largest absolute Gasteiger partial charge is 0.398 e. The molecule has 1 fully saturated rings. The minimum atomic E-state index is -0.617. The lowest BCUT2D eigenvalue weighted by Gasteiger charge is -2.41. The summed E-state index contributed by atoms with van der Waals surface area (Å²) >= 11 is 6.81. The van der Waals surface area contributed by atoms with Gasteiger partial charge in [0.15, 0.2) is 0 Å². The number of aromatic nitrogens is 3. The molecule has 9 nitrogen and oxygen atoms in total. The molecule has 1 aliphatic rings. The van der Waals surface area contributed by atoms with Crippen LogP contribution >= 0.6 is 11.6 Å². The zero-order valence-corrected chi connectivity index (χ0v) is 25.1. The molecule has 0 aliphatic carbocycles. The van der Waals surface area contributed by atoms with Crippen molar-refractivity contribution in [2.75, 3.05) is 30.3 Å². The Morgan fingerprint density at radius 1 is 1.28 bits per heavy atom. The summed E-state index contributed by atoms with van der Waals surface area (Å²) in [5.41, 5.74) is 8.10. The van der Waals surface area contributed by atoms with Gasteiger partial charge in [-0.2, -0.15) is 5.26 Å². The van der Waals surface area contributed by atoms with E-state index in [0.29, 0.717) is 42.1 Å². The molecule has 43 heavy (non-hydrogen) atoms. The van der Waals surface area contributed by atoms with Crippen LogP contribution in [0.5, 0.6) is 0 Å². The third-order valence-electron chi connectivity index (χ3n) is 7.80. The van der Waals surface area contributed by atoms with Gasteiger partial charge in [-0.3, -0.25) is 19.1 Å². The number of benzene rings is 1. The lowest BCUT2D eigenvalue weighted by atomic mass is 10.0. The molecule has 1 amide bonds. The van der Waals surface area contributed by atoms with Gasteiger partial charge in [0.2, 0.25) is 5.91 Å². The Labute approximate surface area is 253 Å². The molecule has 1 aliphatic heterocycles. The predicted molar refractivity (Wildman–Crippen MR) is 167 cm³/mol. The van der Waals surface area contributed by atoms with Crippen LogP contribution in [0, 0.1) is 24.1 Å². The second-order valence-electron chi connectivity index (χ2n) is 10.9. The van der Waals surface area contributed by atoms with E-state index in [1.54, 1.807) is 29.3 Å². The molecule has 0 unspecified atom stereocenters. The lowest BCUT2D eigenvalue weighted by Crippen LogP contribution is -2.54. The van der Waals surface area contributed by atoms with Crippen molar-refractivity contribution in [3.8, 4) is 23.0 Å². The number of anilines is 2. The number of fused-ring (bicyclic) bond motifs is 1. The van der Waals surface area contributed by atoms with Crippen LogP contribution in [0.4, 0.5) is 15.8 Å². The Morgan fingerprint density at radius 3 is 2.65 bits per heavy atom. The highest BCUT2D eigenvalue weighted by atomic mass is 35.5. The van der Waals surface area contributed by atoms with Crippen molar-refractivity contribution >= 4 is 39.9 Å². The molecule has 1 saturated heterocycles. The van der Waals surface area contributed by atoms with Gasteiger partial charge in [0.1, 0.15) is 23.1 Å². The molecule has 1 atom stereocenters. The van der Waals surface area contributed by atoms with Gasteiger partial charge in [-0.15, -0.1) is 0 Å². The number of carbonyl (C=O) groups excluding carboxylic acids is 1. The van der Waals surface area contributed by atoms with Gasteiger partial charge in [-0.25, -0.2) is 9.37 Å². The van der Waals surface area contributed by atoms with Crippen LogP contribution in [0.25, 0.3) is 28.0 Å². The quantitative estimate of drug-likeness (QED) is 0.242. The SMILES string of the molecule is C=CC(=O)N1CCN(c2c(C#N)c(=O)n(-c3c(C)ccnc3C(C)C)c3nc(-c4c(N)cccc4F)c(Cl)cc23)[C@@H](C)C1. The molecule has 5 rings (SSSR count). The summed E-state index contributed by atoms with van der Waals surface area (Å²) in [5, 5.41) is 11.0. The second kappa shape index (κ2) is 11.5. The number of pyridine rings is 3. The average molecular weight is 600 g/mol. The number of amides is 1. The first-order valence-corrected chi connectivity index (χ1v) is 14.2. The number of nitriles is 1. The highest BCUT2D eigenvalue weighted by molar-refractivity contribution is 6.34. The van der Waals surface area contributed by atoms with Crippen LogP contribution in [-0.4, -0.2) is 51.0 Å². The number of rotatable bonds is 5. The van der Waals surface area contributed by atoms with Crippen LogP contribution in [0.2, 0.25) is 5.02 Å². The Kier molecular flexibility index (Phi) is 7.95. The molecule has 2 N–H and O–H groups in total. The predicted octanol–water partition coefficient (Wildman–Crippen LogP) is 5.35. The normalized spacial score (nSPS) is 15.2. The molecule has 0 radical (unpaired) electrons. The van der Waals surface area contributed by atoms with Crippen LogP contribution < -0.4 is 16.2 Å². The fourth-order valence-corrected chi connectivity index (χ4v) is 5.99. The highest BCUT2D eigenvalue weighted by Crippen LogP contribution is 2.40. The summed E-state index contributed by atoms with van der Waals surface area (Å²) < 4.78 is 16.6. The molecule has 4 aromatic rings. The van der Waals surface area contributed by atoms with E-state index in [0.717, 1.165) is 5.56 Å². The minimum Gasteiger partial charge on any atom is -0.398 e. The standard InChI is InChI=1S/C32H31ClFN7O2/c1-6-25(42)39-12-13-40(19(5)16-39)30-20-14-22(33)28(26-23(34)8-7-9-24(26)36)38-31(20)41(32(43)21(30)15-35)29-18(4)10-11-37-27(29)17(2)3/h6-11,14,17,19H,1,12-13,16,36H2,2-5H3/t19-/m0/s1. The Bertz CT molecular complexity index is 1880. The highest BCUT2D eigenvalue weighted by Gasteiger charge is 2.32. The third kappa shape index (κ3) is 5.00. The fraction of sp³-hybridized carbons (Fsp3) is 0.281. The van der Waals surface area contributed by atoms with Crippen molar-refractivity contribution in [1.29, 1.82) is 5.26 Å². The number of carbonyl (C=O) groups is 1. The van der Waals surface area contributed by atoms with Gasteiger partial charge >= 0.3 is 0 Å². The maximum absolute atomic E-state index is 15.2. The van der Waals surface area contributed by atoms with Crippen LogP contribution in [0.15, 0.2) is 54.0 Å². The summed E-state index contributed by atoms with van der Waals surface area (Å²) in [6.07, 6.45) is 2.93. The molecule has 4 heterocycles. The van der Waals surface area contributed by atoms with Crippen molar-refractivity contribution in [2.45, 2.75) is 39.7 Å². The molecule has 220 valence electrons. The summed E-state index contributed by atoms with van der Waals surface area (Å²) in [6.45, 7) is 12.3. The fourth-order valence-electron chi connectivity index (χ4n) is 5.74. The lowest BCUT2D eigenvalue weighted by molar-refractivity contribution is -0.126. The Morgan fingerprint density at radius 2 is 2.02 bits per heavy atom. The third-order valence-corrected chi connectivity index (χ3v) is 8.08. The van der Waals surface area contributed by atoms with Gasteiger partial charge in [-0.05, 0) is 55.7 Å². The first kappa shape index (κ1) is 29.7. The Hall–Kier alpha value is -4.75. The molecule has 0 saturated carbocycles. The first-order valence-electron chi connectivity index (χ1n) is 13.9. The number of hydrogen-bond donors (Lipinski definition) is 1. The van der Waals surface area contributed by atoms with Crippen LogP contribution in [0.1, 0.15) is 43.5 Å². The molecular formula is C32H31ClFN7O2. The van der Waals surface area contributed by atoms with Crippen molar-refractivity contribution in [3.05, 3.63) is 87.2 Å². The van der Waals surface area contributed by atoms with Gasteiger partial charge in [-0.1, -0.05) is 38.1 Å². The average Bonchev–Trinajstić information content (AvgIpc) is 2.97. The number of hydrogen-bond acceptors (Lipinski definition) is 7. The first-order chi connectivity index (χ1) is 20.5. The van der Waals surface area contributed by atoms with Gasteiger partial charge in [0.05, 0.1) is 33.3 Å². The number of halogens is 2. The molecular weight excluding hydrogens is 569 g/mol. The van der Waals surface area contributed by atoms with E-state index < -0.39 is 11.4 Å². The topological polar surface area (TPSA) is 121 Å². The number of piperazine rings is 1. The van der Waals surface area contributed by atoms with Gasteiger partial charge < -0.3 is 15.5 Å². The van der Waals surface area contributed by atoms with Gasteiger partial charge in [0, 0.05) is 42.9 Å². The summed E-state index contributed by atoms with van der Waals surface area (Å²) in [7, 11) is 0. The van der Waals surface area contributed by atoms with E-state index in [9.17, 15) is 14.9 Å². The maximum atomic E-state index is 15.2. The van der Waals surface area contributed by atoms with E-state index in [1.165, 1.54) is 22.8 Å². The van der Waals surface area contributed by atoms with Crippen molar-refractivity contribution in [3.63, 3.8) is 0 Å². The van der Waals surface area contributed by atoms with Crippen LogP contribution in [0.3, 0.4) is 0 Å². The number of nitrogen functional groups attached to an aromatic ring is 1.